The third kappa shape index (κ3) is 3.30. The number of halogens is 1. The van der Waals surface area contributed by atoms with E-state index in [1.807, 2.05) is 0 Å². The number of hydrogen-bond acceptors (Lipinski definition) is 3. The molecular weight excluding hydrogens is 255 g/mol. The van der Waals surface area contributed by atoms with E-state index in [1.54, 1.807) is 19.2 Å². The predicted octanol–water partition coefficient (Wildman–Crippen LogP) is 2.83. The van der Waals surface area contributed by atoms with Crippen molar-refractivity contribution in [3.05, 3.63) is 29.6 Å². The number of methoxy groups -OCH3 is 1. The molecule has 1 N–H and O–H groups in total. The summed E-state index contributed by atoms with van der Waals surface area (Å²) in [7, 11) is 1.65. The maximum absolute atomic E-state index is 13.7. The predicted molar refractivity (Wildman–Crippen MR) is 79.6 cm³/mol. The second-order valence-electron chi connectivity index (χ2n) is 6.44. The fraction of sp³-hybridized carbons (Fsp3) is 0.625. The number of nitrogens with one attached hydrogen (secondary N) is 1. The molecule has 3 nitrogen and oxygen atoms in total. The first-order chi connectivity index (χ1) is 9.43. The molecule has 112 valence electrons. The highest BCUT2D eigenvalue weighted by atomic mass is 19.1. The summed E-state index contributed by atoms with van der Waals surface area (Å²) in [6.45, 7) is 10.5. The highest BCUT2D eigenvalue weighted by molar-refractivity contribution is 5.37. The lowest BCUT2D eigenvalue weighted by atomic mass is 9.80. The van der Waals surface area contributed by atoms with Gasteiger partial charge in [0.05, 0.1) is 7.11 Å². The van der Waals surface area contributed by atoms with Crippen molar-refractivity contribution in [2.24, 2.45) is 5.41 Å². The van der Waals surface area contributed by atoms with Gasteiger partial charge in [-0.15, -0.1) is 0 Å². The summed E-state index contributed by atoms with van der Waals surface area (Å²) in [5.74, 6) is 0.565. The SMILES string of the molecule is COc1ccc(F)cc1[C@H](N1CCNCC1)C(C)(C)C. The average molecular weight is 280 g/mol. The summed E-state index contributed by atoms with van der Waals surface area (Å²) < 4.78 is 19.2. The molecule has 1 aromatic rings. The lowest BCUT2D eigenvalue weighted by Gasteiger charge is -2.43. The van der Waals surface area contributed by atoms with E-state index in [4.69, 9.17) is 4.74 Å². The summed E-state index contributed by atoms with van der Waals surface area (Å²) >= 11 is 0. The molecule has 1 heterocycles. The van der Waals surface area contributed by atoms with E-state index in [0.717, 1.165) is 37.5 Å². The van der Waals surface area contributed by atoms with Crippen LogP contribution >= 0.6 is 0 Å². The van der Waals surface area contributed by atoms with Crippen LogP contribution in [0.1, 0.15) is 32.4 Å². The Kier molecular flexibility index (Phi) is 4.66. The summed E-state index contributed by atoms with van der Waals surface area (Å²) in [4.78, 5) is 2.42. The Bertz CT molecular complexity index is 450. The van der Waals surface area contributed by atoms with Gasteiger partial charge in [0.2, 0.25) is 0 Å². The molecule has 0 saturated carbocycles. The Morgan fingerprint density at radius 3 is 2.45 bits per heavy atom. The van der Waals surface area contributed by atoms with Crippen LogP contribution in [0.15, 0.2) is 18.2 Å². The molecule has 1 fully saturated rings. The van der Waals surface area contributed by atoms with Gasteiger partial charge in [-0.05, 0) is 23.6 Å². The van der Waals surface area contributed by atoms with Crippen LogP contribution in [0, 0.1) is 11.2 Å². The van der Waals surface area contributed by atoms with E-state index >= 15 is 0 Å². The molecule has 0 unspecified atom stereocenters. The number of benzene rings is 1. The molecule has 20 heavy (non-hydrogen) atoms. The number of hydrogen-bond donors (Lipinski definition) is 1. The standard InChI is InChI=1S/C16H25FN2O/c1-16(2,3)15(19-9-7-18-8-10-19)13-11-12(17)5-6-14(13)20-4/h5-6,11,15,18H,7-10H2,1-4H3/t15-/m0/s1. The molecule has 1 aliphatic rings. The second-order valence-corrected chi connectivity index (χ2v) is 6.44. The van der Waals surface area contributed by atoms with Gasteiger partial charge in [-0.2, -0.15) is 0 Å². The lowest BCUT2D eigenvalue weighted by molar-refractivity contribution is 0.0839. The molecule has 1 aromatic carbocycles. The minimum absolute atomic E-state index is 0.0123. The van der Waals surface area contributed by atoms with Crippen molar-refractivity contribution in [1.82, 2.24) is 10.2 Å². The van der Waals surface area contributed by atoms with Crippen molar-refractivity contribution >= 4 is 0 Å². The van der Waals surface area contributed by atoms with Gasteiger partial charge < -0.3 is 10.1 Å². The smallest absolute Gasteiger partial charge is 0.123 e. The van der Waals surface area contributed by atoms with E-state index in [-0.39, 0.29) is 17.3 Å². The topological polar surface area (TPSA) is 24.5 Å². The Morgan fingerprint density at radius 1 is 1.25 bits per heavy atom. The minimum Gasteiger partial charge on any atom is -0.496 e. The third-order valence-corrected chi connectivity index (χ3v) is 3.82. The number of piperazine rings is 1. The first-order valence-electron chi connectivity index (χ1n) is 7.21. The molecule has 0 radical (unpaired) electrons. The Hall–Kier alpha value is -1.13. The van der Waals surface area contributed by atoms with Crippen LogP contribution in [0.5, 0.6) is 5.75 Å². The molecule has 2 rings (SSSR count). The second kappa shape index (κ2) is 6.10. The van der Waals surface area contributed by atoms with Crippen molar-refractivity contribution in [1.29, 1.82) is 0 Å². The zero-order valence-electron chi connectivity index (χ0n) is 12.9. The van der Waals surface area contributed by atoms with Crippen LogP contribution in [-0.4, -0.2) is 38.2 Å². The molecule has 0 aliphatic carbocycles. The normalized spacial score (nSPS) is 18.9. The van der Waals surface area contributed by atoms with Crippen molar-refractivity contribution in [2.45, 2.75) is 26.8 Å². The average Bonchev–Trinajstić information content (AvgIpc) is 2.39. The number of rotatable bonds is 3. The third-order valence-electron chi connectivity index (χ3n) is 3.82. The molecule has 1 atom stereocenters. The summed E-state index contributed by atoms with van der Waals surface area (Å²) in [5, 5.41) is 3.37. The van der Waals surface area contributed by atoms with Gasteiger partial charge in [0.25, 0.3) is 0 Å². The zero-order valence-corrected chi connectivity index (χ0v) is 12.9. The van der Waals surface area contributed by atoms with Crippen molar-refractivity contribution < 1.29 is 9.13 Å². The first-order valence-corrected chi connectivity index (χ1v) is 7.21. The van der Waals surface area contributed by atoms with Crippen LogP contribution in [0.2, 0.25) is 0 Å². The van der Waals surface area contributed by atoms with E-state index < -0.39 is 0 Å². The highest BCUT2D eigenvalue weighted by Crippen LogP contribution is 2.42. The van der Waals surface area contributed by atoms with Gasteiger partial charge in [-0.25, -0.2) is 4.39 Å². The number of nitrogens with zero attached hydrogens (tertiary/aromatic N) is 1. The van der Waals surface area contributed by atoms with Gasteiger partial charge in [0, 0.05) is 37.8 Å². The van der Waals surface area contributed by atoms with Gasteiger partial charge in [-0.1, -0.05) is 20.8 Å². The largest absolute Gasteiger partial charge is 0.496 e. The van der Waals surface area contributed by atoms with Crippen LogP contribution < -0.4 is 10.1 Å². The molecule has 0 amide bonds. The molecule has 1 saturated heterocycles. The Morgan fingerprint density at radius 2 is 1.90 bits per heavy atom. The molecule has 0 spiro atoms. The summed E-state index contributed by atoms with van der Waals surface area (Å²) in [6.07, 6.45) is 0. The fourth-order valence-corrected chi connectivity index (χ4v) is 3.07. The van der Waals surface area contributed by atoms with Crippen LogP contribution in [0.4, 0.5) is 4.39 Å². The lowest BCUT2D eigenvalue weighted by Crippen LogP contribution is -2.48. The van der Waals surface area contributed by atoms with Crippen molar-refractivity contribution in [3.63, 3.8) is 0 Å². The quantitative estimate of drug-likeness (QED) is 0.921. The van der Waals surface area contributed by atoms with Crippen LogP contribution in [0.25, 0.3) is 0 Å². The first kappa shape index (κ1) is 15.3. The maximum Gasteiger partial charge on any atom is 0.123 e. The molecule has 0 aromatic heterocycles. The highest BCUT2D eigenvalue weighted by Gasteiger charge is 2.34. The molecule has 1 aliphatic heterocycles. The summed E-state index contributed by atoms with van der Waals surface area (Å²) in [6, 6.07) is 4.96. The number of ether oxygens (including phenoxy) is 1. The van der Waals surface area contributed by atoms with Gasteiger partial charge in [-0.3, -0.25) is 4.90 Å². The van der Waals surface area contributed by atoms with E-state index in [2.05, 4.69) is 31.0 Å². The van der Waals surface area contributed by atoms with Crippen molar-refractivity contribution in [2.75, 3.05) is 33.3 Å². The van der Waals surface area contributed by atoms with Gasteiger partial charge >= 0.3 is 0 Å². The van der Waals surface area contributed by atoms with Crippen molar-refractivity contribution in [3.8, 4) is 5.75 Å². The summed E-state index contributed by atoms with van der Waals surface area (Å²) in [5.41, 5.74) is 0.959. The fourth-order valence-electron chi connectivity index (χ4n) is 3.07. The minimum atomic E-state index is -0.204. The maximum atomic E-state index is 13.7. The van der Waals surface area contributed by atoms with Crippen LogP contribution in [0.3, 0.4) is 0 Å². The van der Waals surface area contributed by atoms with E-state index in [1.165, 1.54) is 6.07 Å². The molecular formula is C16H25FN2O. The zero-order chi connectivity index (χ0) is 14.8. The van der Waals surface area contributed by atoms with Gasteiger partial charge in [0.1, 0.15) is 11.6 Å². The van der Waals surface area contributed by atoms with Gasteiger partial charge in [0.15, 0.2) is 0 Å². The van der Waals surface area contributed by atoms with E-state index in [9.17, 15) is 4.39 Å². The Labute approximate surface area is 121 Å². The van der Waals surface area contributed by atoms with E-state index in [0.29, 0.717) is 0 Å². The molecule has 0 bridgehead atoms. The monoisotopic (exact) mass is 280 g/mol. The molecule has 4 heteroatoms. The Balaban J connectivity index is 2.43. The van der Waals surface area contributed by atoms with Crippen LogP contribution in [-0.2, 0) is 0 Å².